The summed E-state index contributed by atoms with van der Waals surface area (Å²) < 4.78 is 0. The minimum atomic E-state index is -0.0401. The molecule has 1 saturated heterocycles. The van der Waals surface area contributed by atoms with E-state index >= 15 is 0 Å². The van der Waals surface area contributed by atoms with Crippen LogP contribution in [0, 0.1) is 0 Å². The van der Waals surface area contributed by atoms with Crippen molar-refractivity contribution in [3.05, 3.63) is 58.1 Å². The molecule has 1 N–H and O–H groups in total. The van der Waals surface area contributed by atoms with E-state index in [-0.39, 0.29) is 5.91 Å². The van der Waals surface area contributed by atoms with Crippen molar-refractivity contribution in [2.75, 3.05) is 23.3 Å². The predicted molar refractivity (Wildman–Crippen MR) is 106 cm³/mol. The van der Waals surface area contributed by atoms with Gasteiger partial charge in [0.2, 0.25) is 5.91 Å². The number of halogens is 2. The van der Waals surface area contributed by atoms with Crippen LogP contribution in [0.5, 0.6) is 0 Å². The normalized spacial score (nSPS) is 14.4. The zero-order valence-electron chi connectivity index (χ0n) is 14.1. The van der Waals surface area contributed by atoms with E-state index in [4.69, 9.17) is 23.2 Å². The fraction of sp³-hybridized carbons (Fsp3) is 0.350. The van der Waals surface area contributed by atoms with Crippen molar-refractivity contribution in [3.8, 4) is 0 Å². The Balaban J connectivity index is 1.54. The Morgan fingerprint density at radius 2 is 1.60 bits per heavy atom. The minimum Gasteiger partial charge on any atom is -0.372 e. The second-order valence-corrected chi connectivity index (χ2v) is 7.16. The number of rotatable bonds is 5. The number of nitrogens with one attached hydrogen (secondary N) is 1. The number of anilines is 2. The lowest BCUT2D eigenvalue weighted by Gasteiger charge is -2.28. The van der Waals surface area contributed by atoms with E-state index in [2.05, 4.69) is 22.3 Å². The lowest BCUT2D eigenvalue weighted by atomic mass is 10.1. The maximum absolute atomic E-state index is 12.2. The van der Waals surface area contributed by atoms with Gasteiger partial charge < -0.3 is 10.2 Å². The van der Waals surface area contributed by atoms with E-state index in [0.717, 1.165) is 24.3 Å². The Bertz CT molecular complexity index is 705. The first-order valence-corrected chi connectivity index (χ1v) is 9.47. The monoisotopic (exact) mass is 376 g/mol. The minimum absolute atomic E-state index is 0.0401. The second kappa shape index (κ2) is 8.59. The number of piperidine rings is 1. The summed E-state index contributed by atoms with van der Waals surface area (Å²) in [6.07, 6.45) is 4.69. The van der Waals surface area contributed by atoms with Gasteiger partial charge in [0, 0.05) is 40.9 Å². The van der Waals surface area contributed by atoms with Gasteiger partial charge >= 0.3 is 0 Å². The third kappa shape index (κ3) is 4.90. The first-order chi connectivity index (χ1) is 12.1. The van der Waals surface area contributed by atoms with Crippen LogP contribution in [0.4, 0.5) is 11.4 Å². The summed E-state index contributed by atoms with van der Waals surface area (Å²) >= 11 is 12.3. The molecule has 0 radical (unpaired) electrons. The van der Waals surface area contributed by atoms with Gasteiger partial charge in [-0.05, 0) is 67.6 Å². The molecule has 1 fully saturated rings. The summed E-state index contributed by atoms with van der Waals surface area (Å²) in [6, 6.07) is 13.5. The quantitative estimate of drug-likeness (QED) is 0.740. The maximum atomic E-state index is 12.2. The summed E-state index contributed by atoms with van der Waals surface area (Å²) in [5.74, 6) is -0.0401. The average molecular weight is 377 g/mol. The largest absolute Gasteiger partial charge is 0.372 e. The summed E-state index contributed by atoms with van der Waals surface area (Å²) in [7, 11) is 0. The highest BCUT2D eigenvalue weighted by Crippen LogP contribution is 2.26. The van der Waals surface area contributed by atoms with Crippen molar-refractivity contribution in [2.45, 2.75) is 32.1 Å². The Labute approximate surface area is 158 Å². The molecule has 1 heterocycles. The van der Waals surface area contributed by atoms with Crippen molar-refractivity contribution in [3.63, 3.8) is 0 Å². The molecular weight excluding hydrogens is 355 g/mol. The third-order valence-electron chi connectivity index (χ3n) is 4.54. The Hall–Kier alpha value is -1.71. The van der Waals surface area contributed by atoms with Gasteiger partial charge in [-0.1, -0.05) is 29.3 Å². The van der Waals surface area contributed by atoms with Crippen LogP contribution in [0.3, 0.4) is 0 Å². The van der Waals surface area contributed by atoms with Crippen molar-refractivity contribution < 1.29 is 4.79 Å². The molecule has 2 aromatic rings. The van der Waals surface area contributed by atoms with Crippen LogP contribution >= 0.6 is 23.2 Å². The van der Waals surface area contributed by atoms with Gasteiger partial charge in [-0.25, -0.2) is 0 Å². The lowest BCUT2D eigenvalue weighted by Crippen LogP contribution is -2.29. The molecule has 132 valence electrons. The molecule has 2 aromatic carbocycles. The van der Waals surface area contributed by atoms with E-state index < -0.39 is 0 Å². The zero-order valence-corrected chi connectivity index (χ0v) is 15.6. The molecule has 1 aliphatic heterocycles. The summed E-state index contributed by atoms with van der Waals surface area (Å²) in [5.41, 5.74) is 2.86. The number of amides is 1. The number of hydrogen-bond donors (Lipinski definition) is 1. The van der Waals surface area contributed by atoms with Crippen LogP contribution in [0.25, 0.3) is 0 Å². The van der Waals surface area contributed by atoms with E-state index in [1.807, 2.05) is 12.1 Å². The van der Waals surface area contributed by atoms with E-state index in [0.29, 0.717) is 22.9 Å². The molecule has 1 amide bonds. The number of nitrogens with zero attached hydrogens (tertiary/aromatic N) is 1. The molecule has 1 aliphatic rings. The third-order valence-corrected chi connectivity index (χ3v) is 5.24. The fourth-order valence-corrected chi connectivity index (χ4v) is 3.73. The molecule has 0 atom stereocenters. The molecule has 3 nitrogen and oxygen atoms in total. The smallest absolute Gasteiger partial charge is 0.224 e. The van der Waals surface area contributed by atoms with Gasteiger partial charge in [0.25, 0.3) is 0 Å². The van der Waals surface area contributed by atoms with Crippen molar-refractivity contribution in [1.82, 2.24) is 0 Å². The lowest BCUT2D eigenvalue weighted by molar-refractivity contribution is -0.116. The fourth-order valence-electron chi connectivity index (χ4n) is 3.14. The summed E-state index contributed by atoms with van der Waals surface area (Å²) in [5, 5.41) is 4.14. The zero-order chi connectivity index (χ0) is 17.6. The van der Waals surface area contributed by atoms with Gasteiger partial charge in [-0.2, -0.15) is 0 Å². The summed E-state index contributed by atoms with van der Waals surface area (Å²) in [4.78, 5) is 14.6. The van der Waals surface area contributed by atoms with Gasteiger partial charge in [0.15, 0.2) is 0 Å². The van der Waals surface area contributed by atoms with E-state index in [9.17, 15) is 4.79 Å². The second-order valence-electron chi connectivity index (χ2n) is 6.34. The highest BCUT2D eigenvalue weighted by molar-refractivity contribution is 6.36. The van der Waals surface area contributed by atoms with Crippen LogP contribution in [0.1, 0.15) is 31.2 Å². The van der Waals surface area contributed by atoms with Crippen molar-refractivity contribution >= 4 is 40.5 Å². The topological polar surface area (TPSA) is 32.3 Å². The van der Waals surface area contributed by atoms with Crippen LogP contribution in [-0.2, 0) is 11.2 Å². The molecule has 0 bridgehead atoms. The molecule has 0 spiro atoms. The van der Waals surface area contributed by atoms with Crippen LogP contribution in [0.2, 0.25) is 10.0 Å². The Kier molecular flexibility index (Phi) is 6.22. The molecule has 0 unspecified atom stereocenters. The van der Waals surface area contributed by atoms with Gasteiger partial charge in [0.1, 0.15) is 0 Å². The SMILES string of the molecule is O=C(CCc1c(Cl)cccc1Cl)Nc1ccc(N2CCCCC2)cc1. The number of hydrogen-bond acceptors (Lipinski definition) is 2. The van der Waals surface area contributed by atoms with Crippen molar-refractivity contribution in [1.29, 1.82) is 0 Å². The van der Waals surface area contributed by atoms with Crippen LogP contribution < -0.4 is 10.2 Å². The van der Waals surface area contributed by atoms with E-state index in [1.165, 1.54) is 24.9 Å². The van der Waals surface area contributed by atoms with Gasteiger partial charge in [-0.15, -0.1) is 0 Å². The Morgan fingerprint density at radius 3 is 2.24 bits per heavy atom. The standard InChI is InChI=1S/C20H22Cl2N2O/c21-18-5-4-6-19(22)17(18)11-12-20(25)23-15-7-9-16(10-8-15)24-13-2-1-3-14-24/h4-10H,1-3,11-14H2,(H,23,25). The maximum Gasteiger partial charge on any atom is 0.224 e. The van der Waals surface area contributed by atoms with Gasteiger partial charge in [-0.3, -0.25) is 4.79 Å². The summed E-state index contributed by atoms with van der Waals surface area (Å²) in [6.45, 7) is 2.23. The predicted octanol–water partition coefficient (Wildman–Crippen LogP) is 5.56. The molecule has 0 aliphatic carbocycles. The first-order valence-electron chi connectivity index (χ1n) is 8.71. The van der Waals surface area contributed by atoms with E-state index in [1.54, 1.807) is 18.2 Å². The number of carbonyl (C=O) groups is 1. The molecule has 25 heavy (non-hydrogen) atoms. The molecular formula is C20H22Cl2N2O. The van der Waals surface area contributed by atoms with Crippen LogP contribution in [-0.4, -0.2) is 19.0 Å². The molecule has 5 heteroatoms. The average Bonchev–Trinajstić information content (AvgIpc) is 2.63. The van der Waals surface area contributed by atoms with Gasteiger partial charge in [0.05, 0.1) is 0 Å². The highest BCUT2D eigenvalue weighted by atomic mass is 35.5. The highest BCUT2D eigenvalue weighted by Gasteiger charge is 2.12. The molecule has 0 saturated carbocycles. The van der Waals surface area contributed by atoms with Crippen molar-refractivity contribution in [2.24, 2.45) is 0 Å². The Morgan fingerprint density at radius 1 is 0.960 bits per heavy atom. The molecule has 0 aromatic heterocycles. The molecule has 3 rings (SSSR count). The number of benzene rings is 2. The first kappa shape index (κ1) is 18.1. The van der Waals surface area contributed by atoms with Crippen LogP contribution in [0.15, 0.2) is 42.5 Å². The number of carbonyl (C=O) groups excluding carboxylic acids is 1.